The number of alkyl halides is 3. The first-order chi connectivity index (χ1) is 7.72. The third-order valence-electron chi connectivity index (χ3n) is 2.73. The lowest BCUT2D eigenvalue weighted by Crippen LogP contribution is -2.32. The fraction of sp³-hybridized carbons (Fsp3) is 0.400. The molecule has 0 aliphatic carbocycles. The lowest BCUT2D eigenvalue weighted by molar-refractivity contribution is -0.137. The molecule has 0 saturated heterocycles. The molecule has 17 heavy (non-hydrogen) atoms. The van der Waals surface area contributed by atoms with E-state index in [1.54, 1.807) is 11.9 Å². The summed E-state index contributed by atoms with van der Waals surface area (Å²) in [6, 6.07) is 2.81. The molecule has 0 spiro atoms. The lowest BCUT2D eigenvalue weighted by atomic mass is 10.2. The average molecular weight is 265 g/mol. The van der Waals surface area contributed by atoms with E-state index in [0.717, 1.165) is 6.07 Å². The summed E-state index contributed by atoms with van der Waals surface area (Å²) in [4.78, 5) is 1.40. The summed E-state index contributed by atoms with van der Waals surface area (Å²) in [7, 11) is -1.95. The second kappa shape index (κ2) is 3.63. The first-order valence-electron chi connectivity index (χ1n) is 4.87. The lowest BCUT2D eigenvalue weighted by Gasteiger charge is -2.27. The maximum absolute atomic E-state index is 12.5. The monoisotopic (exact) mass is 265 g/mol. The van der Waals surface area contributed by atoms with E-state index < -0.39 is 21.6 Å². The summed E-state index contributed by atoms with van der Waals surface area (Å²) < 4.78 is 60.9. The Labute approximate surface area is 96.8 Å². The molecule has 1 aromatic carbocycles. The molecule has 3 nitrogen and oxygen atoms in total. The maximum atomic E-state index is 12.5. The minimum Gasteiger partial charge on any atom is -0.373 e. The zero-order valence-electron chi connectivity index (χ0n) is 8.95. The molecule has 94 valence electrons. The molecule has 1 aliphatic rings. The second-order valence-electron chi connectivity index (χ2n) is 3.92. The van der Waals surface area contributed by atoms with Crippen molar-refractivity contribution in [2.45, 2.75) is 11.1 Å². The van der Waals surface area contributed by atoms with Gasteiger partial charge in [0.15, 0.2) is 9.84 Å². The van der Waals surface area contributed by atoms with Crippen molar-refractivity contribution in [2.24, 2.45) is 0 Å². The maximum Gasteiger partial charge on any atom is 0.416 e. The van der Waals surface area contributed by atoms with Crippen LogP contribution in [0.15, 0.2) is 23.1 Å². The quantitative estimate of drug-likeness (QED) is 0.719. The normalized spacial score (nSPS) is 18.9. The number of fused-ring (bicyclic) bond motifs is 1. The fourth-order valence-corrected chi connectivity index (χ4v) is 3.33. The van der Waals surface area contributed by atoms with E-state index in [1.165, 1.54) is 6.07 Å². The molecule has 2 rings (SSSR count). The summed E-state index contributed by atoms with van der Waals surface area (Å²) in [5, 5.41) is 0. The van der Waals surface area contributed by atoms with Crippen molar-refractivity contribution >= 4 is 15.5 Å². The van der Waals surface area contributed by atoms with E-state index in [9.17, 15) is 21.6 Å². The van der Waals surface area contributed by atoms with Gasteiger partial charge in [0.25, 0.3) is 0 Å². The number of anilines is 1. The van der Waals surface area contributed by atoms with Gasteiger partial charge in [0, 0.05) is 13.6 Å². The summed E-state index contributed by atoms with van der Waals surface area (Å²) in [5.74, 6) is -0.155. The van der Waals surface area contributed by atoms with Crippen LogP contribution in [0.3, 0.4) is 0 Å². The zero-order valence-corrected chi connectivity index (χ0v) is 9.77. The van der Waals surface area contributed by atoms with E-state index in [2.05, 4.69) is 0 Å². The van der Waals surface area contributed by atoms with E-state index in [4.69, 9.17) is 0 Å². The van der Waals surface area contributed by atoms with Crippen molar-refractivity contribution in [1.82, 2.24) is 0 Å². The standard InChI is InChI=1S/C10H10F3NO2S/c1-14-4-5-17(15,16)9-6-7(10(11,12)13)2-3-8(9)14/h2-3,6H,4-5H2,1H3. The SMILES string of the molecule is CN1CCS(=O)(=O)c2cc(C(F)(F)F)ccc21. The largest absolute Gasteiger partial charge is 0.416 e. The van der Waals surface area contributed by atoms with E-state index in [0.29, 0.717) is 18.3 Å². The molecule has 1 aliphatic heterocycles. The Balaban J connectivity index is 2.65. The van der Waals surface area contributed by atoms with Crippen LogP contribution in [-0.2, 0) is 16.0 Å². The molecule has 0 unspecified atom stereocenters. The number of sulfone groups is 1. The smallest absolute Gasteiger partial charge is 0.373 e. The Morgan fingerprint density at radius 3 is 2.53 bits per heavy atom. The fourth-order valence-electron chi connectivity index (χ4n) is 1.74. The van der Waals surface area contributed by atoms with Gasteiger partial charge in [-0.2, -0.15) is 13.2 Å². The van der Waals surface area contributed by atoms with Crippen LogP contribution in [0.4, 0.5) is 18.9 Å². The molecule has 0 bridgehead atoms. The number of hydrogen-bond donors (Lipinski definition) is 0. The predicted octanol–water partition coefficient (Wildman–Crippen LogP) is 1.93. The zero-order chi connectivity index (χ0) is 12.8. The van der Waals surface area contributed by atoms with Gasteiger partial charge in [-0.3, -0.25) is 0 Å². The van der Waals surface area contributed by atoms with Crippen molar-refractivity contribution in [3.05, 3.63) is 23.8 Å². The van der Waals surface area contributed by atoms with Crippen LogP contribution in [-0.4, -0.2) is 27.8 Å². The molecule has 7 heteroatoms. The topological polar surface area (TPSA) is 37.4 Å². The van der Waals surface area contributed by atoms with Crippen LogP contribution in [0.25, 0.3) is 0 Å². The summed E-state index contributed by atoms with van der Waals surface area (Å²) in [6.45, 7) is 0.292. The molecule has 0 amide bonds. The highest BCUT2D eigenvalue weighted by molar-refractivity contribution is 7.91. The number of rotatable bonds is 0. The second-order valence-corrected chi connectivity index (χ2v) is 6.00. The van der Waals surface area contributed by atoms with E-state index in [-0.39, 0.29) is 10.6 Å². The number of nitrogens with zero attached hydrogens (tertiary/aromatic N) is 1. The summed E-state index contributed by atoms with van der Waals surface area (Å²) in [6.07, 6.45) is -4.53. The number of hydrogen-bond acceptors (Lipinski definition) is 3. The van der Waals surface area contributed by atoms with Gasteiger partial charge < -0.3 is 4.90 Å². The molecule has 0 radical (unpaired) electrons. The number of halogens is 3. The van der Waals surface area contributed by atoms with Crippen molar-refractivity contribution in [3.63, 3.8) is 0 Å². The minimum absolute atomic E-state index is 0.155. The Hall–Kier alpha value is -1.24. The Kier molecular flexibility index (Phi) is 2.61. The van der Waals surface area contributed by atoms with Crippen molar-refractivity contribution < 1.29 is 21.6 Å². The predicted molar refractivity (Wildman–Crippen MR) is 56.8 cm³/mol. The molecule has 1 aromatic rings. The molecule has 0 saturated carbocycles. The molecule has 0 fully saturated rings. The molecular formula is C10H10F3NO2S. The van der Waals surface area contributed by atoms with Crippen LogP contribution in [0.5, 0.6) is 0 Å². The first-order valence-corrected chi connectivity index (χ1v) is 6.52. The summed E-state index contributed by atoms with van der Waals surface area (Å²) in [5.41, 5.74) is -0.612. The van der Waals surface area contributed by atoms with Gasteiger partial charge in [-0.1, -0.05) is 0 Å². The minimum atomic E-state index is -4.53. The van der Waals surface area contributed by atoms with Crippen molar-refractivity contribution in [2.75, 3.05) is 24.2 Å². The third-order valence-corrected chi connectivity index (χ3v) is 4.45. The van der Waals surface area contributed by atoms with Crippen LogP contribution in [0.2, 0.25) is 0 Å². The van der Waals surface area contributed by atoms with Gasteiger partial charge in [-0.15, -0.1) is 0 Å². The van der Waals surface area contributed by atoms with E-state index >= 15 is 0 Å². The number of benzene rings is 1. The van der Waals surface area contributed by atoms with E-state index in [1.807, 2.05) is 0 Å². The highest BCUT2D eigenvalue weighted by Crippen LogP contribution is 2.36. The van der Waals surface area contributed by atoms with Crippen LogP contribution in [0.1, 0.15) is 5.56 Å². The van der Waals surface area contributed by atoms with Crippen LogP contribution >= 0.6 is 0 Å². The highest BCUT2D eigenvalue weighted by atomic mass is 32.2. The van der Waals surface area contributed by atoms with Crippen molar-refractivity contribution in [3.8, 4) is 0 Å². The molecule has 0 aromatic heterocycles. The Morgan fingerprint density at radius 2 is 1.94 bits per heavy atom. The van der Waals surface area contributed by atoms with Gasteiger partial charge in [-0.05, 0) is 18.2 Å². The van der Waals surface area contributed by atoms with Crippen molar-refractivity contribution in [1.29, 1.82) is 0 Å². The summed E-state index contributed by atoms with van der Waals surface area (Å²) >= 11 is 0. The van der Waals surface area contributed by atoms with Gasteiger partial charge in [0.2, 0.25) is 0 Å². The molecule has 1 heterocycles. The van der Waals surface area contributed by atoms with Gasteiger partial charge >= 0.3 is 6.18 Å². The highest BCUT2D eigenvalue weighted by Gasteiger charge is 2.34. The molecule has 0 N–H and O–H groups in total. The first kappa shape index (κ1) is 12.2. The van der Waals surface area contributed by atoms with Gasteiger partial charge in [0.1, 0.15) is 0 Å². The molecular weight excluding hydrogens is 255 g/mol. The van der Waals surface area contributed by atoms with Gasteiger partial charge in [-0.25, -0.2) is 8.42 Å². The Bertz CT molecular complexity index is 551. The van der Waals surface area contributed by atoms with Gasteiger partial charge in [0.05, 0.1) is 21.9 Å². The Morgan fingerprint density at radius 1 is 1.29 bits per heavy atom. The molecule has 0 atom stereocenters. The average Bonchev–Trinajstić information content (AvgIpc) is 2.22. The third kappa shape index (κ3) is 2.11. The van der Waals surface area contributed by atoms with Crippen LogP contribution < -0.4 is 4.90 Å². The van der Waals surface area contributed by atoms with Crippen LogP contribution in [0, 0.1) is 0 Å².